The predicted molar refractivity (Wildman–Crippen MR) is 82.8 cm³/mol. The van der Waals surface area contributed by atoms with Crippen molar-refractivity contribution in [1.82, 2.24) is 4.98 Å². The Labute approximate surface area is 131 Å². The average molecular weight is 327 g/mol. The summed E-state index contributed by atoms with van der Waals surface area (Å²) in [6.07, 6.45) is -2.81. The van der Waals surface area contributed by atoms with Crippen LogP contribution in [0, 0.1) is 13.8 Å². The van der Waals surface area contributed by atoms with Crippen molar-refractivity contribution in [2.75, 3.05) is 5.32 Å². The maximum atomic E-state index is 13.0. The zero-order chi connectivity index (χ0) is 16.5. The first-order valence-corrected chi connectivity index (χ1v) is 6.82. The van der Waals surface area contributed by atoms with Crippen LogP contribution in [0.3, 0.4) is 0 Å². The number of alkyl halides is 3. The van der Waals surface area contributed by atoms with Gasteiger partial charge in [0.1, 0.15) is 5.82 Å². The van der Waals surface area contributed by atoms with Gasteiger partial charge in [-0.25, -0.2) is 4.98 Å². The minimum atomic E-state index is -4.47. The first-order chi connectivity index (χ1) is 10.2. The molecule has 1 aromatic carbocycles. The summed E-state index contributed by atoms with van der Waals surface area (Å²) >= 11 is 5.91. The molecule has 0 atom stereocenters. The second-order valence-electron chi connectivity index (χ2n) is 4.95. The summed E-state index contributed by atoms with van der Waals surface area (Å²) in [6, 6.07) is 6.05. The van der Waals surface area contributed by atoms with Gasteiger partial charge in [0, 0.05) is 16.9 Å². The molecule has 0 amide bonds. The molecule has 2 aromatic rings. The molecule has 116 valence electrons. The van der Waals surface area contributed by atoms with Crippen molar-refractivity contribution in [3.05, 3.63) is 64.3 Å². The number of pyridine rings is 1. The summed E-state index contributed by atoms with van der Waals surface area (Å²) in [5.74, 6) is 0.501. The summed E-state index contributed by atoms with van der Waals surface area (Å²) < 4.78 is 39.1. The third-order valence-electron chi connectivity index (χ3n) is 3.19. The lowest BCUT2D eigenvalue weighted by Crippen LogP contribution is -2.09. The van der Waals surface area contributed by atoms with Crippen molar-refractivity contribution in [2.45, 2.75) is 20.0 Å². The van der Waals surface area contributed by atoms with Crippen molar-refractivity contribution < 1.29 is 13.2 Å². The number of halogens is 4. The van der Waals surface area contributed by atoms with Crippen LogP contribution in [0.25, 0.3) is 5.70 Å². The largest absolute Gasteiger partial charge is 0.416 e. The highest BCUT2D eigenvalue weighted by Gasteiger charge is 2.33. The van der Waals surface area contributed by atoms with Gasteiger partial charge in [-0.05, 0) is 48.7 Å². The van der Waals surface area contributed by atoms with E-state index in [2.05, 4.69) is 16.9 Å². The molecule has 0 aliphatic carbocycles. The predicted octanol–water partition coefficient (Wildman–Crippen LogP) is 5.45. The summed E-state index contributed by atoms with van der Waals surface area (Å²) in [5.41, 5.74) is 0.775. The SMILES string of the molecule is C=C(Nc1ccc(C)cn1)c1cc(Cl)c(C)c(C(F)(F)F)c1. The number of aromatic nitrogens is 1. The van der Waals surface area contributed by atoms with E-state index in [1.165, 1.54) is 13.0 Å². The molecule has 0 aliphatic heterocycles. The molecule has 2 rings (SSSR count). The van der Waals surface area contributed by atoms with E-state index in [4.69, 9.17) is 11.6 Å². The van der Waals surface area contributed by atoms with Crippen molar-refractivity contribution in [2.24, 2.45) is 0 Å². The molecule has 22 heavy (non-hydrogen) atoms. The van der Waals surface area contributed by atoms with E-state index >= 15 is 0 Å². The summed E-state index contributed by atoms with van der Waals surface area (Å²) in [6.45, 7) is 6.99. The summed E-state index contributed by atoms with van der Waals surface area (Å²) in [7, 11) is 0. The standard InChI is InChI=1S/C16H14ClF3N2/c1-9-4-5-15(21-8-9)22-11(3)12-6-13(16(18,19)20)10(2)14(17)7-12/h4-8H,3H2,1-2H3,(H,21,22). The normalized spacial score (nSPS) is 11.4. The third-order valence-corrected chi connectivity index (χ3v) is 3.58. The van der Waals surface area contributed by atoms with Gasteiger partial charge in [-0.1, -0.05) is 24.2 Å². The maximum Gasteiger partial charge on any atom is 0.416 e. The molecule has 6 heteroatoms. The Morgan fingerprint density at radius 2 is 1.91 bits per heavy atom. The van der Waals surface area contributed by atoms with Crippen LogP contribution in [0.5, 0.6) is 0 Å². The van der Waals surface area contributed by atoms with E-state index in [-0.39, 0.29) is 16.1 Å². The van der Waals surface area contributed by atoms with Crippen LogP contribution in [0.1, 0.15) is 22.3 Å². The van der Waals surface area contributed by atoms with Gasteiger partial charge in [0.15, 0.2) is 0 Å². The van der Waals surface area contributed by atoms with Gasteiger partial charge in [-0.2, -0.15) is 13.2 Å². The summed E-state index contributed by atoms with van der Waals surface area (Å²) in [4.78, 5) is 4.13. The fourth-order valence-corrected chi connectivity index (χ4v) is 2.14. The number of hydrogen-bond donors (Lipinski definition) is 1. The number of anilines is 1. The highest BCUT2D eigenvalue weighted by atomic mass is 35.5. The zero-order valence-electron chi connectivity index (χ0n) is 12.1. The van der Waals surface area contributed by atoms with Gasteiger partial charge in [0.25, 0.3) is 0 Å². The molecule has 0 fully saturated rings. The van der Waals surface area contributed by atoms with Crippen molar-refractivity contribution in [1.29, 1.82) is 0 Å². The van der Waals surface area contributed by atoms with Crippen LogP contribution >= 0.6 is 11.6 Å². The first kappa shape index (κ1) is 16.4. The van der Waals surface area contributed by atoms with Crippen LogP contribution < -0.4 is 5.32 Å². The molecule has 1 N–H and O–H groups in total. The number of nitrogens with zero attached hydrogens (tertiary/aromatic N) is 1. The zero-order valence-corrected chi connectivity index (χ0v) is 12.8. The molecule has 0 radical (unpaired) electrons. The topological polar surface area (TPSA) is 24.9 Å². The maximum absolute atomic E-state index is 13.0. The van der Waals surface area contributed by atoms with E-state index in [1.807, 2.05) is 13.0 Å². The van der Waals surface area contributed by atoms with Gasteiger partial charge in [-0.15, -0.1) is 0 Å². The molecular formula is C16H14ClF3N2. The smallest absolute Gasteiger partial charge is 0.340 e. The monoisotopic (exact) mass is 326 g/mol. The second-order valence-corrected chi connectivity index (χ2v) is 5.36. The van der Waals surface area contributed by atoms with Gasteiger partial charge in [-0.3, -0.25) is 0 Å². The quantitative estimate of drug-likeness (QED) is 0.810. The fraction of sp³-hybridized carbons (Fsp3) is 0.188. The molecule has 0 saturated heterocycles. The van der Waals surface area contributed by atoms with E-state index in [9.17, 15) is 13.2 Å². The Morgan fingerprint density at radius 3 is 2.45 bits per heavy atom. The first-order valence-electron chi connectivity index (χ1n) is 6.45. The molecule has 0 saturated carbocycles. The average Bonchev–Trinajstić information content (AvgIpc) is 2.42. The van der Waals surface area contributed by atoms with E-state index in [1.54, 1.807) is 12.3 Å². The molecule has 1 aromatic heterocycles. The molecule has 0 bridgehead atoms. The fourth-order valence-electron chi connectivity index (χ4n) is 1.92. The van der Waals surface area contributed by atoms with Crippen molar-refractivity contribution in [3.63, 3.8) is 0 Å². The van der Waals surface area contributed by atoms with Gasteiger partial charge < -0.3 is 5.32 Å². The Balaban J connectivity index is 2.34. The third kappa shape index (κ3) is 3.60. The summed E-state index contributed by atoms with van der Waals surface area (Å²) in [5, 5.41) is 2.93. The lowest BCUT2D eigenvalue weighted by molar-refractivity contribution is -0.138. The number of benzene rings is 1. The van der Waals surface area contributed by atoms with Crippen molar-refractivity contribution >= 4 is 23.1 Å². The molecule has 0 aliphatic rings. The number of rotatable bonds is 3. The Bertz CT molecular complexity index is 707. The van der Waals surface area contributed by atoms with Crippen molar-refractivity contribution in [3.8, 4) is 0 Å². The van der Waals surface area contributed by atoms with E-state index in [0.717, 1.165) is 11.6 Å². The van der Waals surface area contributed by atoms with Gasteiger partial charge in [0.2, 0.25) is 0 Å². The van der Waals surface area contributed by atoms with Crippen LogP contribution in [0.15, 0.2) is 37.0 Å². The van der Waals surface area contributed by atoms with Crippen LogP contribution in [-0.2, 0) is 6.18 Å². The Hall–Kier alpha value is -2.01. The van der Waals surface area contributed by atoms with Gasteiger partial charge in [0.05, 0.1) is 5.56 Å². The molecule has 0 unspecified atom stereocenters. The highest BCUT2D eigenvalue weighted by Crippen LogP contribution is 2.36. The van der Waals surface area contributed by atoms with Crippen LogP contribution in [0.4, 0.5) is 19.0 Å². The molecule has 0 spiro atoms. The van der Waals surface area contributed by atoms with Crippen LogP contribution in [0.2, 0.25) is 5.02 Å². The number of hydrogen-bond acceptors (Lipinski definition) is 2. The van der Waals surface area contributed by atoms with E-state index < -0.39 is 11.7 Å². The van der Waals surface area contributed by atoms with E-state index in [0.29, 0.717) is 11.5 Å². The Kier molecular flexibility index (Phi) is 4.47. The minimum absolute atomic E-state index is 0.000762. The second kappa shape index (κ2) is 6.01. The number of aryl methyl sites for hydroxylation is 1. The Morgan fingerprint density at radius 1 is 1.23 bits per heavy atom. The minimum Gasteiger partial charge on any atom is -0.340 e. The molecule has 1 heterocycles. The molecular weight excluding hydrogens is 313 g/mol. The number of nitrogens with one attached hydrogen (secondary N) is 1. The molecule has 2 nitrogen and oxygen atoms in total. The van der Waals surface area contributed by atoms with Crippen LogP contribution in [-0.4, -0.2) is 4.98 Å². The highest BCUT2D eigenvalue weighted by molar-refractivity contribution is 6.31. The lowest BCUT2D eigenvalue weighted by atomic mass is 10.0. The lowest BCUT2D eigenvalue weighted by Gasteiger charge is -2.16. The van der Waals surface area contributed by atoms with Gasteiger partial charge >= 0.3 is 6.18 Å².